The van der Waals surface area contributed by atoms with Gasteiger partial charge in [0.2, 0.25) is 5.91 Å². The van der Waals surface area contributed by atoms with E-state index in [1.165, 1.54) is 5.56 Å². The molecule has 1 aromatic rings. The van der Waals surface area contributed by atoms with Gasteiger partial charge >= 0.3 is 5.97 Å². The number of aryl methyl sites for hydroxylation is 3. The maximum atomic E-state index is 12.5. The molecule has 1 saturated carbocycles. The molecule has 0 saturated heterocycles. The molecule has 2 N–H and O–H groups in total. The van der Waals surface area contributed by atoms with Gasteiger partial charge in [0, 0.05) is 0 Å². The van der Waals surface area contributed by atoms with Crippen LogP contribution in [-0.2, 0) is 16.0 Å². The molecule has 2 unspecified atom stereocenters. The molecule has 1 aliphatic rings. The van der Waals surface area contributed by atoms with Crippen molar-refractivity contribution >= 4 is 11.9 Å². The summed E-state index contributed by atoms with van der Waals surface area (Å²) in [5.41, 5.74) is 3.24. The Morgan fingerprint density at radius 2 is 1.87 bits per heavy atom. The number of carbonyl (C=O) groups excluding carboxylic acids is 1. The number of amides is 1. The van der Waals surface area contributed by atoms with E-state index in [0.717, 1.165) is 29.5 Å². The zero-order chi connectivity index (χ0) is 17.2. The molecule has 2 atom stereocenters. The van der Waals surface area contributed by atoms with Crippen LogP contribution in [0, 0.1) is 26.7 Å². The lowest BCUT2D eigenvalue weighted by Gasteiger charge is -2.37. The predicted octanol–water partition coefficient (Wildman–Crippen LogP) is 3.30. The highest BCUT2D eigenvalue weighted by Gasteiger charge is 2.43. The van der Waals surface area contributed by atoms with Crippen molar-refractivity contribution in [1.82, 2.24) is 5.32 Å². The van der Waals surface area contributed by atoms with Gasteiger partial charge in [-0.25, -0.2) is 4.79 Å². The molecular formula is C19H27NO3. The van der Waals surface area contributed by atoms with Crippen LogP contribution >= 0.6 is 0 Å². The first-order chi connectivity index (χ1) is 10.7. The van der Waals surface area contributed by atoms with E-state index in [1.54, 1.807) is 0 Å². The van der Waals surface area contributed by atoms with Crippen LogP contribution in [0.25, 0.3) is 0 Å². The van der Waals surface area contributed by atoms with E-state index >= 15 is 0 Å². The Labute approximate surface area is 138 Å². The van der Waals surface area contributed by atoms with Crippen molar-refractivity contribution in [2.75, 3.05) is 0 Å². The molecule has 1 aliphatic carbocycles. The number of hydrogen-bond acceptors (Lipinski definition) is 2. The Balaban J connectivity index is 2.16. The van der Waals surface area contributed by atoms with Crippen LogP contribution < -0.4 is 5.32 Å². The average molecular weight is 317 g/mol. The van der Waals surface area contributed by atoms with E-state index in [0.29, 0.717) is 18.8 Å². The molecule has 1 amide bonds. The van der Waals surface area contributed by atoms with Gasteiger partial charge in [-0.2, -0.15) is 0 Å². The summed E-state index contributed by atoms with van der Waals surface area (Å²) in [6.45, 7) is 8.08. The van der Waals surface area contributed by atoms with E-state index in [-0.39, 0.29) is 12.3 Å². The lowest BCUT2D eigenvalue weighted by atomic mass is 9.76. The standard InChI is InChI=1S/C19H27NO3/c1-12-6-5-7-19(11-12,18(22)23)20-17(21)10-16-14(3)8-13(2)9-15(16)4/h8-9,12H,5-7,10-11H2,1-4H3,(H,20,21)(H,22,23). The average Bonchev–Trinajstić information content (AvgIpc) is 2.42. The lowest BCUT2D eigenvalue weighted by molar-refractivity contribution is -0.150. The third-order valence-corrected chi connectivity index (χ3v) is 4.96. The molecule has 1 fully saturated rings. The SMILES string of the molecule is Cc1cc(C)c(CC(=O)NC2(C(=O)O)CCCC(C)C2)c(C)c1. The van der Waals surface area contributed by atoms with E-state index < -0.39 is 11.5 Å². The number of carboxylic acids is 1. The largest absolute Gasteiger partial charge is 0.480 e. The summed E-state index contributed by atoms with van der Waals surface area (Å²) in [5.74, 6) is -0.783. The van der Waals surface area contributed by atoms with Gasteiger partial charge in [-0.15, -0.1) is 0 Å². The van der Waals surface area contributed by atoms with Crippen LogP contribution in [0.5, 0.6) is 0 Å². The minimum atomic E-state index is -1.10. The van der Waals surface area contributed by atoms with Crippen LogP contribution in [0.2, 0.25) is 0 Å². The highest BCUT2D eigenvalue weighted by atomic mass is 16.4. The molecule has 126 valence electrons. The van der Waals surface area contributed by atoms with Crippen molar-refractivity contribution in [3.8, 4) is 0 Å². The summed E-state index contributed by atoms with van der Waals surface area (Å²) in [4.78, 5) is 24.3. The highest BCUT2D eigenvalue weighted by Crippen LogP contribution is 2.32. The molecule has 4 heteroatoms. The zero-order valence-electron chi connectivity index (χ0n) is 14.5. The first-order valence-corrected chi connectivity index (χ1v) is 8.34. The molecule has 2 rings (SSSR count). The van der Waals surface area contributed by atoms with E-state index in [4.69, 9.17) is 0 Å². The van der Waals surface area contributed by atoms with Crippen molar-refractivity contribution in [3.63, 3.8) is 0 Å². The summed E-state index contributed by atoms with van der Waals surface area (Å²) in [5, 5.41) is 12.5. The second kappa shape index (κ2) is 6.73. The van der Waals surface area contributed by atoms with Crippen LogP contribution in [0.4, 0.5) is 0 Å². The van der Waals surface area contributed by atoms with Crippen LogP contribution in [0.1, 0.15) is 54.9 Å². The third kappa shape index (κ3) is 3.92. The van der Waals surface area contributed by atoms with Crippen molar-refractivity contribution < 1.29 is 14.7 Å². The molecule has 23 heavy (non-hydrogen) atoms. The number of carboxylic acid groups (broad SMARTS) is 1. The molecule has 0 bridgehead atoms. The van der Waals surface area contributed by atoms with Crippen molar-refractivity contribution in [1.29, 1.82) is 0 Å². The van der Waals surface area contributed by atoms with Gasteiger partial charge in [-0.1, -0.05) is 37.5 Å². The van der Waals surface area contributed by atoms with Gasteiger partial charge in [-0.05, 0) is 56.2 Å². The van der Waals surface area contributed by atoms with Gasteiger partial charge in [0.15, 0.2) is 0 Å². The number of nitrogens with one attached hydrogen (secondary N) is 1. The maximum absolute atomic E-state index is 12.5. The highest BCUT2D eigenvalue weighted by molar-refractivity contribution is 5.88. The minimum Gasteiger partial charge on any atom is -0.480 e. The van der Waals surface area contributed by atoms with Gasteiger partial charge in [0.1, 0.15) is 5.54 Å². The number of hydrogen-bond donors (Lipinski definition) is 2. The Kier molecular flexibility index (Phi) is 5.12. The first kappa shape index (κ1) is 17.5. The number of aliphatic carboxylic acids is 1. The fraction of sp³-hybridized carbons (Fsp3) is 0.579. The number of carbonyl (C=O) groups is 2. The van der Waals surface area contributed by atoms with E-state index in [9.17, 15) is 14.7 Å². The molecule has 1 aromatic carbocycles. The van der Waals surface area contributed by atoms with Gasteiger partial charge in [0.25, 0.3) is 0 Å². The van der Waals surface area contributed by atoms with Crippen molar-refractivity contribution in [2.24, 2.45) is 5.92 Å². The van der Waals surface area contributed by atoms with Crippen LogP contribution in [0.15, 0.2) is 12.1 Å². The molecule has 0 radical (unpaired) electrons. The summed E-state index contributed by atoms with van der Waals surface area (Å²) in [6.07, 6.45) is 3.14. The van der Waals surface area contributed by atoms with Crippen LogP contribution in [-0.4, -0.2) is 22.5 Å². The summed E-state index contributed by atoms with van der Waals surface area (Å²) >= 11 is 0. The topological polar surface area (TPSA) is 66.4 Å². The molecule has 0 heterocycles. The van der Waals surface area contributed by atoms with Gasteiger partial charge in [-0.3, -0.25) is 4.79 Å². The Bertz CT molecular complexity index is 600. The fourth-order valence-corrected chi connectivity index (χ4v) is 3.87. The Morgan fingerprint density at radius 3 is 2.39 bits per heavy atom. The molecule has 4 nitrogen and oxygen atoms in total. The van der Waals surface area contributed by atoms with Crippen LogP contribution in [0.3, 0.4) is 0 Å². The Hall–Kier alpha value is -1.84. The Morgan fingerprint density at radius 1 is 1.26 bits per heavy atom. The molecule has 0 spiro atoms. The number of rotatable bonds is 4. The third-order valence-electron chi connectivity index (χ3n) is 4.96. The molecule has 0 aliphatic heterocycles. The summed E-state index contributed by atoms with van der Waals surface area (Å²) in [6, 6.07) is 4.12. The molecular weight excluding hydrogens is 290 g/mol. The fourth-order valence-electron chi connectivity index (χ4n) is 3.87. The van der Waals surface area contributed by atoms with Gasteiger partial charge in [0.05, 0.1) is 6.42 Å². The molecule has 0 aromatic heterocycles. The second-order valence-electron chi connectivity index (χ2n) is 7.19. The predicted molar refractivity (Wildman–Crippen MR) is 90.5 cm³/mol. The van der Waals surface area contributed by atoms with E-state index in [2.05, 4.69) is 24.4 Å². The van der Waals surface area contributed by atoms with E-state index in [1.807, 2.05) is 20.8 Å². The first-order valence-electron chi connectivity index (χ1n) is 8.34. The second-order valence-corrected chi connectivity index (χ2v) is 7.19. The minimum absolute atomic E-state index is 0.198. The summed E-state index contributed by atoms with van der Waals surface area (Å²) < 4.78 is 0. The maximum Gasteiger partial charge on any atom is 0.329 e. The zero-order valence-corrected chi connectivity index (χ0v) is 14.5. The number of benzene rings is 1. The van der Waals surface area contributed by atoms with Gasteiger partial charge < -0.3 is 10.4 Å². The smallest absolute Gasteiger partial charge is 0.329 e. The monoisotopic (exact) mass is 317 g/mol. The van der Waals surface area contributed by atoms with Crippen molar-refractivity contribution in [3.05, 3.63) is 34.4 Å². The van der Waals surface area contributed by atoms with Crippen molar-refractivity contribution in [2.45, 2.75) is 65.3 Å². The normalized spacial score (nSPS) is 24.3. The summed E-state index contributed by atoms with van der Waals surface area (Å²) in [7, 11) is 0. The quantitative estimate of drug-likeness (QED) is 0.895. The lowest BCUT2D eigenvalue weighted by Crippen LogP contribution is -2.57.